The summed E-state index contributed by atoms with van der Waals surface area (Å²) in [6.07, 6.45) is 0. The fraction of sp³-hybridized carbons (Fsp3) is 0. The molecule has 252 valence electrons. The van der Waals surface area contributed by atoms with E-state index in [4.69, 9.17) is 0 Å². The maximum atomic E-state index is 2.34. The van der Waals surface area contributed by atoms with Crippen LogP contribution in [0.15, 0.2) is 218 Å². The van der Waals surface area contributed by atoms with Gasteiger partial charge in [0.15, 0.2) is 0 Å². The third-order valence-corrected chi connectivity index (χ3v) is 10.9. The number of rotatable bonds is 6. The normalized spacial score (nSPS) is 11.3. The van der Waals surface area contributed by atoms with Gasteiger partial charge in [-0.3, -0.25) is 0 Å². The Morgan fingerprint density at radius 3 is 1.22 bits per heavy atom. The molecule has 10 aromatic rings. The second-order valence-corrected chi connectivity index (χ2v) is 14.0. The summed E-state index contributed by atoms with van der Waals surface area (Å²) in [5.41, 5.74) is 14.7. The molecular formula is C54H36. The molecule has 0 atom stereocenters. The topological polar surface area (TPSA) is 0 Å². The lowest BCUT2D eigenvalue weighted by Gasteiger charge is -2.20. The number of hydrogen-bond donors (Lipinski definition) is 0. The Morgan fingerprint density at radius 2 is 0.630 bits per heavy atom. The Labute approximate surface area is 316 Å². The van der Waals surface area contributed by atoms with Crippen molar-refractivity contribution in [3.63, 3.8) is 0 Å². The molecule has 0 heterocycles. The minimum atomic E-state index is 1.20. The van der Waals surface area contributed by atoms with Gasteiger partial charge in [-0.1, -0.05) is 212 Å². The van der Waals surface area contributed by atoms with Gasteiger partial charge in [-0.05, 0) is 105 Å². The van der Waals surface area contributed by atoms with Crippen molar-refractivity contribution in [2.45, 2.75) is 0 Å². The Morgan fingerprint density at radius 1 is 0.185 bits per heavy atom. The first-order chi connectivity index (χ1) is 26.8. The van der Waals surface area contributed by atoms with Crippen LogP contribution in [0.25, 0.3) is 99.1 Å². The maximum Gasteiger partial charge on any atom is -0.00266 e. The Hall–Kier alpha value is -7.02. The van der Waals surface area contributed by atoms with Crippen LogP contribution in [0.1, 0.15) is 0 Å². The Bertz CT molecular complexity index is 2930. The molecule has 0 saturated heterocycles. The van der Waals surface area contributed by atoms with Crippen LogP contribution < -0.4 is 0 Å². The molecular weight excluding hydrogens is 649 g/mol. The van der Waals surface area contributed by atoms with Gasteiger partial charge in [0, 0.05) is 0 Å². The van der Waals surface area contributed by atoms with Crippen LogP contribution in [-0.2, 0) is 0 Å². The molecule has 0 aliphatic carbocycles. The molecule has 0 N–H and O–H groups in total. The van der Waals surface area contributed by atoms with E-state index in [0.29, 0.717) is 0 Å². The zero-order valence-corrected chi connectivity index (χ0v) is 29.8. The zero-order chi connectivity index (χ0) is 35.8. The summed E-state index contributed by atoms with van der Waals surface area (Å²) in [7, 11) is 0. The van der Waals surface area contributed by atoms with E-state index in [2.05, 4.69) is 218 Å². The molecule has 10 rings (SSSR count). The largest absolute Gasteiger partial charge is 0.0622 e. The molecule has 10 aromatic carbocycles. The van der Waals surface area contributed by atoms with E-state index in [1.807, 2.05) is 0 Å². The zero-order valence-electron chi connectivity index (χ0n) is 29.8. The van der Waals surface area contributed by atoms with Crippen molar-refractivity contribution in [3.05, 3.63) is 218 Å². The van der Waals surface area contributed by atoms with Gasteiger partial charge < -0.3 is 0 Å². The van der Waals surface area contributed by atoms with Gasteiger partial charge in [0.05, 0.1) is 0 Å². The summed E-state index contributed by atoms with van der Waals surface area (Å²) in [4.78, 5) is 0. The average molecular weight is 685 g/mol. The quantitative estimate of drug-likeness (QED) is 0.164. The monoisotopic (exact) mass is 684 g/mol. The summed E-state index contributed by atoms with van der Waals surface area (Å²) < 4.78 is 0. The minimum Gasteiger partial charge on any atom is -0.0622 e. The van der Waals surface area contributed by atoms with Crippen molar-refractivity contribution in [2.75, 3.05) is 0 Å². The van der Waals surface area contributed by atoms with Crippen LogP contribution in [0.2, 0.25) is 0 Å². The fourth-order valence-corrected chi connectivity index (χ4v) is 8.24. The molecule has 0 amide bonds. The van der Waals surface area contributed by atoms with Crippen molar-refractivity contribution in [2.24, 2.45) is 0 Å². The van der Waals surface area contributed by atoms with Crippen molar-refractivity contribution in [1.82, 2.24) is 0 Å². The van der Waals surface area contributed by atoms with E-state index in [9.17, 15) is 0 Å². The second-order valence-electron chi connectivity index (χ2n) is 14.0. The SMILES string of the molecule is c1ccc(-c2c(-c3ccc(-c4ccc5ccccc5c4)cc3)ccc3c(-c4ccccc4)c(-c4ccc(-c5cccc6ccccc56)cc4)ccc23)cc1. The van der Waals surface area contributed by atoms with Gasteiger partial charge in [-0.2, -0.15) is 0 Å². The molecule has 0 bridgehead atoms. The lowest BCUT2D eigenvalue weighted by atomic mass is 9.84. The van der Waals surface area contributed by atoms with Gasteiger partial charge in [-0.25, -0.2) is 0 Å². The summed E-state index contributed by atoms with van der Waals surface area (Å²) in [6.45, 7) is 0. The van der Waals surface area contributed by atoms with E-state index < -0.39 is 0 Å². The Balaban J connectivity index is 1.12. The van der Waals surface area contributed by atoms with Gasteiger partial charge in [0.25, 0.3) is 0 Å². The smallest absolute Gasteiger partial charge is 0.00266 e. The molecule has 54 heavy (non-hydrogen) atoms. The standard InChI is InChI=1S/C54H36/c1-3-14-43(15-4-1)53-49(41-25-22-38(23-26-41)46-31-24-37-12-7-8-18-45(37)36-46)32-34-52-51(53)35-33-50(54(52)44-16-5-2-6-17-44)42-29-27-40(28-30-42)48-21-11-19-39-13-9-10-20-47(39)48/h1-36H. The van der Waals surface area contributed by atoms with Gasteiger partial charge >= 0.3 is 0 Å². The first-order valence-electron chi connectivity index (χ1n) is 18.7. The van der Waals surface area contributed by atoms with Crippen molar-refractivity contribution < 1.29 is 0 Å². The van der Waals surface area contributed by atoms with Crippen LogP contribution in [-0.4, -0.2) is 0 Å². The predicted octanol–water partition coefficient (Wildman–Crippen LogP) is 15.1. The van der Waals surface area contributed by atoms with Crippen molar-refractivity contribution >= 4 is 32.3 Å². The van der Waals surface area contributed by atoms with Crippen molar-refractivity contribution in [1.29, 1.82) is 0 Å². The van der Waals surface area contributed by atoms with Crippen LogP contribution in [0.3, 0.4) is 0 Å². The third kappa shape index (κ3) is 5.66. The fourth-order valence-electron chi connectivity index (χ4n) is 8.24. The minimum absolute atomic E-state index is 1.20. The summed E-state index contributed by atoms with van der Waals surface area (Å²) in [6, 6.07) is 79.8. The molecule has 0 heteroatoms. The molecule has 0 aromatic heterocycles. The molecule has 0 saturated carbocycles. The molecule has 0 aliphatic rings. The molecule has 0 fully saturated rings. The maximum absolute atomic E-state index is 2.34. The first kappa shape index (κ1) is 31.7. The van der Waals surface area contributed by atoms with Crippen LogP contribution >= 0.6 is 0 Å². The highest BCUT2D eigenvalue weighted by molar-refractivity contribution is 6.13. The van der Waals surface area contributed by atoms with Gasteiger partial charge in [-0.15, -0.1) is 0 Å². The third-order valence-electron chi connectivity index (χ3n) is 10.9. The molecule has 0 unspecified atom stereocenters. The molecule has 0 spiro atoms. The summed E-state index contributed by atoms with van der Waals surface area (Å²) in [5, 5.41) is 7.54. The number of fused-ring (bicyclic) bond motifs is 3. The van der Waals surface area contributed by atoms with Crippen LogP contribution in [0.4, 0.5) is 0 Å². The lowest BCUT2D eigenvalue weighted by Crippen LogP contribution is -1.93. The first-order valence-corrected chi connectivity index (χ1v) is 18.7. The van der Waals surface area contributed by atoms with Gasteiger partial charge in [0.1, 0.15) is 0 Å². The molecule has 0 aliphatic heterocycles. The average Bonchev–Trinajstić information content (AvgIpc) is 3.26. The van der Waals surface area contributed by atoms with Gasteiger partial charge in [0.2, 0.25) is 0 Å². The summed E-state index contributed by atoms with van der Waals surface area (Å²) in [5.74, 6) is 0. The lowest BCUT2D eigenvalue weighted by molar-refractivity contribution is 1.58. The second kappa shape index (κ2) is 13.5. The van der Waals surface area contributed by atoms with Crippen LogP contribution in [0.5, 0.6) is 0 Å². The van der Waals surface area contributed by atoms with Crippen molar-refractivity contribution in [3.8, 4) is 66.8 Å². The van der Waals surface area contributed by atoms with Crippen LogP contribution in [0, 0.1) is 0 Å². The summed E-state index contributed by atoms with van der Waals surface area (Å²) >= 11 is 0. The van der Waals surface area contributed by atoms with E-state index >= 15 is 0 Å². The number of hydrogen-bond acceptors (Lipinski definition) is 0. The van der Waals surface area contributed by atoms with E-state index in [1.54, 1.807) is 0 Å². The molecule has 0 radical (unpaired) electrons. The molecule has 0 nitrogen and oxygen atoms in total. The Kier molecular flexibility index (Phi) is 7.93. The predicted molar refractivity (Wildman–Crippen MR) is 232 cm³/mol. The highest BCUT2D eigenvalue weighted by Gasteiger charge is 2.18. The number of benzene rings is 10. The van der Waals surface area contributed by atoms with E-state index in [0.717, 1.165) is 0 Å². The highest BCUT2D eigenvalue weighted by Crippen LogP contribution is 2.45. The highest BCUT2D eigenvalue weighted by atomic mass is 14.2. The van der Waals surface area contributed by atoms with E-state index in [1.165, 1.54) is 99.1 Å². The van der Waals surface area contributed by atoms with E-state index in [-0.39, 0.29) is 0 Å².